The molecule has 0 aromatic heterocycles. The smallest absolute Gasteiger partial charge is 0.0894 e. The highest BCUT2D eigenvalue weighted by Crippen LogP contribution is 2.36. The van der Waals surface area contributed by atoms with Gasteiger partial charge in [0, 0.05) is 31.0 Å². The lowest BCUT2D eigenvalue weighted by atomic mass is 9.69. The van der Waals surface area contributed by atoms with E-state index in [0.29, 0.717) is 6.61 Å². The fourth-order valence-electron chi connectivity index (χ4n) is 4.54. The van der Waals surface area contributed by atoms with E-state index in [1.54, 1.807) is 0 Å². The van der Waals surface area contributed by atoms with E-state index in [1.165, 1.54) is 19.3 Å². The predicted molar refractivity (Wildman–Crippen MR) is 95.5 cm³/mol. The van der Waals surface area contributed by atoms with Crippen LogP contribution < -0.4 is 0 Å². The molecule has 0 spiro atoms. The lowest BCUT2D eigenvalue weighted by molar-refractivity contribution is -0.199. The topological polar surface area (TPSA) is 120 Å². The molecule has 2 saturated carbocycles. The molecule has 2 aliphatic carbocycles. The second-order valence-electron chi connectivity index (χ2n) is 7.78. The lowest BCUT2D eigenvalue weighted by Gasteiger charge is -2.46. The summed E-state index contributed by atoms with van der Waals surface area (Å²) in [6.45, 7) is 1.82. The summed E-state index contributed by atoms with van der Waals surface area (Å²) in [4.78, 5) is 0. The molecule has 0 saturated heterocycles. The van der Waals surface area contributed by atoms with Crippen molar-refractivity contribution in [2.45, 2.75) is 63.4 Å². The predicted octanol–water partition coefficient (Wildman–Crippen LogP) is -0.0821. The van der Waals surface area contributed by atoms with Gasteiger partial charge in [-0.05, 0) is 31.6 Å². The van der Waals surface area contributed by atoms with Crippen LogP contribution in [0.25, 0.3) is 0 Å². The number of hydrogen-bond donors (Lipinski definition) is 5. The Morgan fingerprint density at radius 1 is 0.731 bits per heavy atom. The van der Waals surface area contributed by atoms with E-state index in [9.17, 15) is 25.5 Å². The van der Waals surface area contributed by atoms with Gasteiger partial charge >= 0.3 is 0 Å². The molecule has 0 aromatic rings. The van der Waals surface area contributed by atoms with Crippen LogP contribution in [0.1, 0.15) is 39.0 Å². The SMILES string of the molecule is CCC1CCC(OCCOC2C(O)C(CO)C(O)C(CO)C2CO)CC1. The third-order valence-corrected chi connectivity index (χ3v) is 6.38. The normalized spacial score (nSPS) is 41.3. The molecule has 5 N–H and O–H groups in total. The van der Waals surface area contributed by atoms with Crippen molar-refractivity contribution in [3.05, 3.63) is 0 Å². The Morgan fingerprint density at radius 2 is 1.31 bits per heavy atom. The van der Waals surface area contributed by atoms with Crippen molar-refractivity contribution >= 4 is 0 Å². The largest absolute Gasteiger partial charge is 0.396 e. The van der Waals surface area contributed by atoms with E-state index in [-0.39, 0.29) is 25.9 Å². The monoisotopic (exact) mass is 376 g/mol. The molecule has 0 aliphatic heterocycles. The van der Waals surface area contributed by atoms with Crippen LogP contribution in [-0.4, -0.2) is 83.0 Å². The molecule has 0 heterocycles. The number of aliphatic hydroxyl groups is 5. The zero-order valence-corrected chi connectivity index (χ0v) is 15.7. The number of aliphatic hydroxyl groups excluding tert-OH is 5. The van der Waals surface area contributed by atoms with Crippen LogP contribution in [0.4, 0.5) is 0 Å². The fourth-order valence-corrected chi connectivity index (χ4v) is 4.54. The van der Waals surface area contributed by atoms with Gasteiger partial charge in [0.15, 0.2) is 0 Å². The van der Waals surface area contributed by atoms with E-state index in [2.05, 4.69) is 6.92 Å². The summed E-state index contributed by atoms with van der Waals surface area (Å²) in [6, 6.07) is 0. The summed E-state index contributed by atoms with van der Waals surface area (Å²) >= 11 is 0. The maximum absolute atomic E-state index is 10.4. The van der Waals surface area contributed by atoms with Gasteiger partial charge in [0.05, 0.1) is 44.2 Å². The molecule has 6 atom stereocenters. The first-order valence-electron chi connectivity index (χ1n) is 9.99. The summed E-state index contributed by atoms with van der Waals surface area (Å²) in [7, 11) is 0. The average Bonchev–Trinajstić information content (AvgIpc) is 2.67. The van der Waals surface area contributed by atoms with Gasteiger partial charge in [-0.3, -0.25) is 0 Å². The van der Waals surface area contributed by atoms with Gasteiger partial charge in [0.1, 0.15) is 0 Å². The summed E-state index contributed by atoms with van der Waals surface area (Å²) in [5.41, 5.74) is 0. The van der Waals surface area contributed by atoms with Gasteiger partial charge in [0.25, 0.3) is 0 Å². The lowest BCUT2D eigenvalue weighted by Crippen LogP contribution is -2.59. The molecule has 6 unspecified atom stereocenters. The Bertz CT molecular complexity index is 386. The molecular formula is C19H36O7. The number of rotatable bonds is 9. The third-order valence-electron chi connectivity index (χ3n) is 6.38. The zero-order valence-electron chi connectivity index (χ0n) is 15.7. The molecule has 0 amide bonds. The maximum atomic E-state index is 10.4. The first-order valence-corrected chi connectivity index (χ1v) is 9.99. The summed E-state index contributed by atoms with van der Waals surface area (Å²) in [5.74, 6) is -1.22. The van der Waals surface area contributed by atoms with Crippen LogP contribution in [-0.2, 0) is 9.47 Å². The standard InChI is InChI=1S/C19H36O7/c1-2-12-3-5-13(6-4-12)25-7-8-26-19-15(10-21)14(9-20)17(23)16(11-22)18(19)24/h12-24H,2-11H2,1H3. The highest BCUT2D eigenvalue weighted by atomic mass is 16.5. The molecular weight excluding hydrogens is 340 g/mol. The van der Waals surface area contributed by atoms with Crippen molar-refractivity contribution in [2.24, 2.45) is 23.7 Å². The number of ether oxygens (including phenoxy) is 2. The summed E-state index contributed by atoms with van der Waals surface area (Å²) in [6.07, 6.45) is 3.07. The molecule has 2 aliphatic rings. The van der Waals surface area contributed by atoms with Gasteiger partial charge < -0.3 is 35.0 Å². The molecule has 2 rings (SSSR count). The second-order valence-corrected chi connectivity index (χ2v) is 7.78. The van der Waals surface area contributed by atoms with Crippen molar-refractivity contribution in [1.29, 1.82) is 0 Å². The fraction of sp³-hybridized carbons (Fsp3) is 1.00. The van der Waals surface area contributed by atoms with E-state index in [0.717, 1.165) is 18.8 Å². The van der Waals surface area contributed by atoms with Crippen molar-refractivity contribution < 1.29 is 35.0 Å². The molecule has 0 aromatic carbocycles. The minimum Gasteiger partial charge on any atom is -0.396 e. The highest BCUT2D eigenvalue weighted by Gasteiger charge is 2.49. The first kappa shape index (κ1) is 22.0. The van der Waals surface area contributed by atoms with Gasteiger partial charge in [-0.15, -0.1) is 0 Å². The molecule has 7 heteroatoms. The zero-order chi connectivity index (χ0) is 19.1. The van der Waals surface area contributed by atoms with E-state index < -0.39 is 42.7 Å². The van der Waals surface area contributed by atoms with Crippen molar-refractivity contribution in [3.8, 4) is 0 Å². The highest BCUT2D eigenvalue weighted by molar-refractivity contribution is 4.98. The van der Waals surface area contributed by atoms with Crippen LogP contribution in [0.15, 0.2) is 0 Å². The summed E-state index contributed by atoms with van der Waals surface area (Å²) < 4.78 is 11.7. The van der Waals surface area contributed by atoms with Crippen LogP contribution in [0.5, 0.6) is 0 Å². The molecule has 0 radical (unpaired) electrons. The minimum atomic E-state index is -1.10. The van der Waals surface area contributed by atoms with Crippen LogP contribution >= 0.6 is 0 Å². The molecule has 26 heavy (non-hydrogen) atoms. The number of hydrogen-bond acceptors (Lipinski definition) is 7. The van der Waals surface area contributed by atoms with Crippen molar-refractivity contribution in [1.82, 2.24) is 0 Å². The molecule has 7 nitrogen and oxygen atoms in total. The Hall–Kier alpha value is -0.280. The van der Waals surface area contributed by atoms with Crippen molar-refractivity contribution in [2.75, 3.05) is 33.0 Å². The second kappa shape index (κ2) is 10.9. The van der Waals surface area contributed by atoms with Crippen molar-refractivity contribution in [3.63, 3.8) is 0 Å². The van der Waals surface area contributed by atoms with Crippen LogP contribution in [0, 0.1) is 23.7 Å². The van der Waals surface area contributed by atoms with Gasteiger partial charge in [-0.1, -0.05) is 13.3 Å². The van der Waals surface area contributed by atoms with E-state index in [1.807, 2.05) is 0 Å². The Kier molecular flexibility index (Phi) is 9.23. The minimum absolute atomic E-state index is 0.253. The first-order chi connectivity index (χ1) is 12.6. The van der Waals surface area contributed by atoms with Crippen LogP contribution in [0.3, 0.4) is 0 Å². The molecule has 2 fully saturated rings. The van der Waals surface area contributed by atoms with E-state index in [4.69, 9.17) is 9.47 Å². The van der Waals surface area contributed by atoms with Crippen LogP contribution in [0.2, 0.25) is 0 Å². The third kappa shape index (κ3) is 5.16. The molecule has 0 bridgehead atoms. The summed E-state index contributed by atoms with van der Waals surface area (Å²) in [5, 5.41) is 49.3. The average molecular weight is 376 g/mol. The van der Waals surface area contributed by atoms with E-state index >= 15 is 0 Å². The van der Waals surface area contributed by atoms with Gasteiger partial charge in [0.2, 0.25) is 0 Å². The maximum Gasteiger partial charge on any atom is 0.0894 e. The van der Waals surface area contributed by atoms with Gasteiger partial charge in [-0.25, -0.2) is 0 Å². The Labute approximate surface area is 155 Å². The Balaban J connectivity index is 1.82. The Morgan fingerprint density at radius 3 is 1.85 bits per heavy atom. The molecule has 154 valence electrons. The van der Waals surface area contributed by atoms with Gasteiger partial charge in [-0.2, -0.15) is 0 Å². The quantitative estimate of drug-likeness (QED) is 0.357.